The zero-order valence-electron chi connectivity index (χ0n) is 9.43. The quantitative estimate of drug-likeness (QED) is 0.411. The average molecular weight is 343 g/mol. The van der Waals surface area contributed by atoms with E-state index in [-0.39, 0.29) is 12.1 Å². The van der Waals surface area contributed by atoms with Crippen molar-refractivity contribution in [2.45, 2.75) is 37.8 Å². The first-order valence-electron chi connectivity index (χ1n) is 6.02. The highest BCUT2D eigenvalue weighted by molar-refractivity contribution is 14.1. The number of hydrogen-bond donors (Lipinski definition) is 0. The number of halogens is 1. The van der Waals surface area contributed by atoms with E-state index in [0.717, 1.165) is 24.9 Å². The molecule has 0 bridgehead atoms. The Kier molecular flexibility index (Phi) is 2.98. The lowest BCUT2D eigenvalue weighted by molar-refractivity contribution is 0.0185. The van der Waals surface area contributed by atoms with Crippen LogP contribution in [0.25, 0.3) is 0 Å². The Hall–Kier alpha value is -0.780. The lowest BCUT2D eigenvalue weighted by Gasteiger charge is -2.34. The van der Waals surface area contributed by atoms with Gasteiger partial charge in [0, 0.05) is 0 Å². The van der Waals surface area contributed by atoms with Gasteiger partial charge in [-0.25, -0.2) is 4.79 Å². The third-order valence-corrected chi connectivity index (χ3v) is 4.81. The summed E-state index contributed by atoms with van der Waals surface area (Å²) in [7, 11) is 0. The molecule has 0 radical (unpaired) electrons. The lowest BCUT2D eigenvalue weighted by atomic mass is 9.92. The zero-order valence-corrected chi connectivity index (χ0v) is 11.6. The number of nitrogens with zero attached hydrogens (tertiary/aromatic N) is 1. The number of fused-ring (bicyclic) bond motifs is 2. The third-order valence-electron chi connectivity index (χ3n) is 3.57. The summed E-state index contributed by atoms with van der Waals surface area (Å²) in [5.74, 6) is -0.170. The summed E-state index contributed by atoms with van der Waals surface area (Å²) in [5, 5.41) is 0. The van der Waals surface area contributed by atoms with Crippen molar-refractivity contribution in [1.82, 2.24) is 0 Å². The van der Waals surface area contributed by atoms with Crippen LogP contribution in [0.3, 0.4) is 0 Å². The van der Waals surface area contributed by atoms with Crippen molar-refractivity contribution in [3.05, 3.63) is 29.8 Å². The monoisotopic (exact) mass is 343 g/mol. The summed E-state index contributed by atoms with van der Waals surface area (Å²) in [6.07, 6.45) is 4.54. The van der Waals surface area contributed by atoms with Crippen LogP contribution >= 0.6 is 22.9 Å². The van der Waals surface area contributed by atoms with Gasteiger partial charge in [-0.2, -0.15) is 0 Å². The Morgan fingerprint density at radius 1 is 1.24 bits per heavy atom. The topological polar surface area (TPSA) is 29.5 Å². The van der Waals surface area contributed by atoms with Gasteiger partial charge in [0.2, 0.25) is 0 Å². The van der Waals surface area contributed by atoms with Gasteiger partial charge in [-0.3, -0.25) is 0 Å². The summed E-state index contributed by atoms with van der Waals surface area (Å²) in [4.78, 5) is 12.1. The van der Waals surface area contributed by atoms with Crippen LogP contribution in [-0.2, 0) is 4.74 Å². The number of carbonyl (C=O) groups excluding carboxylic acids is 1. The van der Waals surface area contributed by atoms with Crippen molar-refractivity contribution in [3.8, 4) is 0 Å². The van der Waals surface area contributed by atoms with Crippen LogP contribution in [0.4, 0.5) is 5.69 Å². The molecule has 2 unspecified atom stereocenters. The van der Waals surface area contributed by atoms with Crippen LogP contribution in [0, 0.1) is 0 Å². The maximum Gasteiger partial charge on any atom is 0.340 e. The lowest BCUT2D eigenvalue weighted by Crippen LogP contribution is -2.40. The third kappa shape index (κ3) is 1.92. The molecule has 1 fully saturated rings. The second kappa shape index (κ2) is 4.48. The minimum Gasteiger partial charge on any atom is -0.456 e. The van der Waals surface area contributed by atoms with Gasteiger partial charge in [0.25, 0.3) is 0 Å². The van der Waals surface area contributed by atoms with Crippen molar-refractivity contribution >= 4 is 34.5 Å². The molecule has 1 aromatic rings. The van der Waals surface area contributed by atoms with Gasteiger partial charge in [-0.1, -0.05) is 18.6 Å². The highest BCUT2D eigenvalue weighted by Gasteiger charge is 2.37. The van der Waals surface area contributed by atoms with E-state index in [1.165, 1.54) is 6.42 Å². The molecular weight excluding hydrogens is 329 g/mol. The second-order valence-corrected chi connectivity index (χ2v) is 5.66. The van der Waals surface area contributed by atoms with Crippen molar-refractivity contribution in [2.24, 2.45) is 0 Å². The number of hydrogen-bond acceptors (Lipinski definition) is 3. The number of para-hydroxylation sites is 1. The molecule has 4 heteroatoms. The van der Waals surface area contributed by atoms with Crippen LogP contribution in [0.2, 0.25) is 0 Å². The van der Waals surface area contributed by atoms with E-state index < -0.39 is 0 Å². The van der Waals surface area contributed by atoms with E-state index in [1.807, 2.05) is 24.3 Å². The molecule has 3 nitrogen and oxygen atoms in total. The highest BCUT2D eigenvalue weighted by Crippen LogP contribution is 2.37. The number of anilines is 1. The molecular formula is C13H14INO2. The molecule has 1 saturated carbocycles. The Morgan fingerprint density at radius 3 is 2.88 bits per heavy atom. The van der Waals surface area contributed by atoms with Gasteiger partial charge in [0.15, 0.2) is 0 Å². The number of benzene rings is 1. The van der Waals surface area contributed by atoms with Crippen molar-refractivity contribution in [2.75, 3.05) is 3.11 Å². The molecule has 0 aromatic heterocycles. The summed E-state index contributed by atoms with van der Waals surface area (Å²) >= 11 is 2.32. The fraction of sp³-hybridized carbons (Fsp3) is 0.462. The molecule has 2 aliphatic rings. The number of rotatable bonds is 0. The van der Waals surface area contributed by atoms with Crippen LogP contribution in [0.1, 0.15) is 36.0 Å². The van der Waals surface area contributed by atoms with E-state index in [0.29, 0.717) is 11.6 Å². The normalized spacial score (nSPS) is 27.8. The highest BCUT2D eigenvalue weighted by atomic mass is 127. The first-order valence-corrected chi connectivity index (χ1v) is 6.99. The SMILES string of the molecule is O=C1OC2CCCCC2N(I)c2ccccc21. The maximum atomic E-state index is 12.1. The first-order chi connectivity index (χ1) is 8.27. The summed E-state index contributed by atoms with van der Waals surface area (Å²) in [5.41, 5.74) is 1.68. The average Bonchev–Trinajstić information content (AvgIpc) is 2.48. The smallest absolute Gasteiger partial charge is 0.340 e. The van der Waals surface area contributed by atoms with E-state index in [4.69, 9.17) is 4.74 Å². The number of carbonyl (C=O) groups is 1. The predicted molar refractivity (Wildman–Crippen MR) is 74.4 cm³/mol. The number of ether oxygens (including phenoxy) is 1. The first kappa shape index (κ1) is 11.3. The molecule has 0 N–H and O–H groups in total. The molecule has 17 heavy (non-hydrogen) atoms. The largest absolute Gasteiger partial charge is 0.456 e. The van der Waals surface area contributed by atoms with Crippen molar-refractivity contribution in [1.29, 1.82) is 0 Å². The van der Waals surface area contributed by atoms with Gasteiger partial charge in [0.05, 0.1) is 40.2 Å². The summed E-state index contributed by atoms with van der Waals surface area (Å²) < 4.78 is 7.82. The molecule has 3 rings (SSSR count). The van der Waals surface area contributed by atoms with E-state index in [2.05, 4.69) is 26.0 Å². The van der Waals surface area contributed by atoms with Crippen LogP contribution < -0.4 is 3.11 Å². The maximum absolute atomic E-state index is 12.1. The Morgan fingerprint density at radius 2 is 2.00 bits per heavy atom. The van der Waals surface area contributed by atoms with E-state index in [1.54, 1.807) is 0 Å². The summed E-state index contributed by atoms with van der Waals surface area (Å²) in [6.45, 7) is 0. The molecule has 0 saturated heterocycles. The van der Waals surface area contributed by atoms with Gasteiger partial charge in [-0.15, -0.1) is 0 Å². The molecule has 0 amide bonds. The van der Waals surface area contributed by atoms with Crippen LogP contribution in [-0.4, -0.2) is 18.1 Å². The number of esters is 1. The molecule has 1 aliphatic carbocycles. The fourth-order valence-electron chi connectivity index (χ4n) is 2.69. The zero-order chi connectivity index (χ0) is 11.8. The van der Waals surface area contributed by atoms with Crippen molar-refractivity contribution in [3.63, 3.8) is 0 Å². The summed E-state index contributed by atoms with van der Waals surface area (Å²) in [6, 6.07) is 8.04. The van der Waals surface area contributed by atoms with E-state index >= 15 is 0 Å². The van der Waals surface area contributed by atoms with Gasteiger partial charge in [-0.05, 0) is 31.4 Å². The van der Waals surface area contributed by atoms with Crippen molar-refractivity contribution < 1.29 is 9.53 Å². The fourth-order valence-corrected chi connectivity index (χ4v) is 3.74. The molecule has 90 valence electrons. The molecule has 1 heterocycles. The van der Waals surface area contributed by atoms with Gasteiger partial charge in [0.1, 0.15) is 6.10 Å². The minimum absolute atomic E-state index is 0.0561. The van der Waals surface area contributed by atoms with E-state index in [9.17, 15) is 4.79 Å². The second-order valence-electron chi connectivity index (χ2n) is 4.62. The van der Waals surface area contributed by atoms with Gasteiger partial charge >= 0.3 is 5.97 Å². The molecule has 1 aromatic carbocycles. The van der Waals surface area contributed by atoms with Crippen LogP contribution in [0.15, 0.2) is 24.3 Å². The Labute approximate surface area is 115 Å². The van der Waals surface area contributed by atoms with Crippen LogP contribution in [0.5, 0.6) is 0 Å². The Balaban J connectivity index is 2.05. The molecule has 0 spiro atoms. The standard InChI is InChI=1S/C13H14INO2/c14-15-10-6-2-1-5-9(10)13(16)17-12-8-4-3-7-11(12)15/h1-2,5-6,11-12H,3-4,7-8H2. The Bertz CT molecular complexity index is 449. The predicted octanol–water partition coefficient (Wildman–Crippen LogP) is 3.32. The van der Waals surface area contributed by atoms with Gasteiger partial charge < -0.3 is 7.85 Å². The molecule has 2 atom stereocenters. The molecule has 1 aliphatic heterocycles. The minimum atomic E-state index is -0.170.